The molecule has 0 spiro atoms. The lowest BCUT2D eigenvalue weighted by atomic mass is 10.1. The monoisotopic (exact) mass is 325 g/mol. The van der Waals surface area contributed by atoms with Crippen molar-refractivity contribution in [2.75, 3.05) is 20.8 Å². The zero-order valence-corrected chi connectivity index (χ0v) is 13.7. The molecule has 1 aliphatic rings. The van der Waals surface area contributed by atoms with Crippen LogP contribution in [-0.4, -0.2) is 40.6 Å². The van der Waals surface area contributed by atoms with E-state index in [2.05, 4.69) is 15.5 Å². The van der Waals surface area contributed by atoms with Crippen LogP contribution in [0.4, 0.5) is 0 Å². The number of nitrogens with zero attached hydrogens (tertiary/aromatic N) is 4. The molecule has 124 valence electrons. The van der Waals surface area contributed by atoms with E-state index >= 15 is 0 Å². The Morgan fingerprint density at radius 2 is 2.04 bits per heavy atom. The average Bonchev–Trinajstić information content (AvgIpc) is 3.29. The minimum Gasteiger partial charge on any atom is -0.497 e. The van der Waals surface area contributed by atoms with Crippen molar-refractivity contribution in [3.63, 3.8) is 0 Å². The molecule has 2 aromatic heterocycles. The van der Waals surface area contributed by atoms with E-state index < -0.39 is 0 Å². The van der Waals surface area contributed by atoms with Gasteiger partial charge in [0.25, 0.3) is 0 Å². The predicted molar refractivity (Wildman–Crippen MR) is 89.3 cm³/mol. The highest BCUT2D eigenvalue weighted by Crippen LogP contribution is 2.32. The Kier molecular flexibility index (Phi) is 3.78. The highest BCUT2D eigenvalue weighted by molar-refractivity contribution is 5.69. The summed E-state index contributed by atoms with van der Waals surface area (Å²) in [6.07, 6.45) is 2.19. The van der Waals surface area contributed by atoms with E-state index in [1.165, 1.54) is 0 Å². The summed E-state index contributed by atoms with van der Waals surface area (Å²) in [4.78, 5) is 0. The molecule has 24 heavy (non-hydrogen) atoms. The molecule has 0 saturated carbocycles. The molecule has 0 unspecified atom stereocenters. The third kappa shape index (κ3) is 2.46. The maximum atomic E-state index is 5.47. The van der Waals surface area contributed by atoms with Crippen LogP contribution in [0.2, 0.25) is 0 Å². The van der Waals surface area contributed by atoms with Gasteiger partial charge in [0.15, 0.2) is 11.5 Å². The fraction of sp³-hybridized carbons (Fsp3) is 0.353. The predicted octanol–water partition coefficient (Wildman–Crippen LogP) is 2.23. The summed E-state index contributed by atoms with van der Waals surface area (Å²) in [5.41, 5.74) is 2.40. The Labute approximate surface area is 139 Å². The van der Waals surface area contributed by atoms with Crippen LogP contribution in [0, 0.1) is 0 Å². The number of hydrogen-bond acceptors (Lipinski definition) is 6. The SMILES string of the molecule is COc1ccc(OC)c(-c2ccc3nnc([C@H]4CCCN4)n3n2)c1. The van der Waals surface area contributed by atoms with Crippen molar-refractivity contribution < 1.29 is 9.47 Å². The topological polar surface area (TPSA) is 73.6 Å². The lowest BCUT2D eigenvalue weighted by molar-refractivity contribution is 0.404. The van der Waals surface area contributed by atoms with Crippen LogP contribution in [0.25, 0.3) is 16.9 Å². The van der Waals surface area contributed by atoms with E-state index in [-0.39, 0.29) is 6.04 Å². The number of methoxy groups -OCH3 is 2. The molecular weight excluding hydrogens is 306 g/mol. The maximum absolute atomic E-state index is 5.47. The molecule has 0 amide bonds. The summed E-state index contributed by atoms with van der Waals surface area (Å²) < 4.78 is 12.6. The molecule has 3 heterocycles. The third-order valence-corrected chi connectivity index (χ3v) is 4.34. The first kappa shape index (κ1) is 14.9. The van der Waals surface area contributed by atoms with Crippen molar-refractivity contribution in [2.45, 2.75) is 18.9 Å². The van der Waals surface area contributed by atoms with Crippen molar-refractivity contribution in [3.8, 4) is 22.8 Å². The highest BCUT2D eigenvalue weighted by Gasteiger charge is 2.22. The second-order valence-corrected chi connectivity index (χ2v) is 5.76. The second-order valence-electron chi connectivity index (χ2n) is 5.76. The molecule has 4 rings (SSSR count). The van der Waals surface area contributed by atoms with Gasteiger partial charge in [0.2, 0.25) is 0 Å². The van der Waals surface area contributed by atoms with Gasteiger partial charge in [-0.05, 0) is 49.7 Å². The molecule has 1 atom stereocenters. The van der Waals surface area contributed by atoms with Crippen LogP contribution in [0.5, 0.6) is 11.5 Å². The molecular formula is C17H19N5O2. The van der Waals surface area contributed by atoms with Gasteiger partial charge in [-0.1, -0.05) is 0 Å². The standard InChI is InChI=1S/C17H19N5O2/c1-23-11-5-7-15(24-2)12(10-11)13-6-8-16-19-20-17(22(16)21-13)14-4-3-9-18-14/h5-8,10,14,18H,3-4,9H2,1-2H3/t14-/m1/s1. The van der Waals surface area contributed by atoms with E-state index in [0.717, 1.165) is 53.6 Å². The molecule has 3 aromatic rings. The quantitative estimate of drug-likeness (QED) is 0.793. The Bertz CT molecular complexity index is 871. The molecule has 1 N–H and O–H groups in total. The fourth-order valence-electron chi connectivity index (χ4n) is 3.09. The van der Waals surface area contributed by atoms with Gasteiger partial charge in [-0.3, -0.25) is 0 Å². The van der Waals surface area contributed by atoms with E-state index in [1.54, 1.807) is 14.2 Å². The fourth-order valence-corrected chi connectivity index (χ4v) is 3.09. The summed E-state index contributed by atoms with van der Waals surface area (Å²) in [5.74, 6) is 2.36. The summed E-state index contributed by atoms with van der Waals surface area (Å²) in [5, 5.41) is 16.7. The Morgan fingerprint density at radius 3 is 2.79 bits per heavy atom. The van der Waals surface area contributed by atoms with Crippen molar-refractivity contribution in [2.24, 2.45) is 0 Å². The third-order valence-electron chi connectivity index (χ3n) is 4.34. The van der Waals surface area contributed by atoms with Crippen LogP contribution >= 0.6 is 0 Å². The van der Waals surface area contributed by atoms with Crippen LogP contribution < -0.4 is 14.8 Å². The zero-order chi connectivity index (χ0) is 16.5. The maximum Gasteiger partial charge on any atom is 0.178 e. The van der Waals surface area contributed by atoms with Gasteiger partial charge in [-0.25, -0.2) is 0 Å². The zero-order valence-electron chi connectivity index (χ0n) is 13.7. The first-order valence-corrected chi connectivity index (χ1v) is 7.98. The first-order chi connectivity index (χ1) is 11.8. The molecule has 0 radical (unpaired) electrons. The van der Waals surface area contributed by atoms with Crippen molar-refractivity contribution in [3.05, 3.63) is 36.2 Å². The Balaban J connectivity index is 1.84. The molecule has 0 aliphatic carbocycles. The molecule has 1 aliphatic heterocycles. The molecule has 1 fully saturated rings. The van der Waals surface area contributed by atoms with Gasteiger partial charge in [-0.15, -0.1) is 10.2 Å². The lowest BCUT2D eigenvalue weighted by Crippen LogP contribution is -2.16. The molecule has 1 saturated heterocycles. The van der Waals surface area contributed by atoms with E-state index in [0.29, 0.717) is 0 Å². The number of nitrogens with one attached hydrogen (secondary N) is 1. The van der Waals surface area contributed by atoms with Gasteiger partial charge in [-0.2, -0.15) is 9.61 Å². The van der Waals surface area contributed by atoms with Gasteiger partial charge in [0.1, 0.15) is 11.5 Å². The Morgan fingerprint density at radius 1 is 1.12 bits per heavy atom. The minimum atomic E-state index is 0.204. The number of fused-ring (bicyclic) bond motifs is 1. The van der Waals surface area contributed by atoms with Gasteiger partial charge in [0, 0.05) is 5.56 Å². The largest absolute Gasteiger partial charge is 0.497 e. The summed E-state index contributed by atoms with van der Waals surface area (Å²) in [6, 6.07) is 9.72. The normalized spacial score (nSPS) is 17.3. The molecule has 7 heteroatoms. The Hall–Kier alpha value is -2.67. The highest BCUT2D eigenvalue weighted by atomic mass is 16.5. The van der Waals surface area contributed by atoms with Crippen LogP contribution in [0.1, 0.15) is 24.7 Å². The van der Waals surface area contributed by atoms with E-state index in [4.69, 9.17) is 14.6 Å². The average molecular weight is 325 g/mol. The smallest absolute Gasteiger partial charge is 0.178 e. The first-order valence-electron chi connectivity index (χ1n) is 7.98. The number of aromatic nitrogens is 4. The number of hydrogen-bond donors (Lipinski definition) is 1. The number of ether oxygens (including phenoxy) is 2. The lowest BCUT2D eigenvalue weighted by Gasteiger charge is -2.11. The molecule has 1 aromatic carbocycles. The van der Waals surface area contributed by atoms with Gasteiger partial charge in [0.05, 0.1) is 26.0 Å². The van der Waals surface area contributed by atoms with Gasteiger partial charge < -0.3 is 14.8 Å². The summed E-state index contributed by atoms with van der Waals surface area (Å²) in [7, 11) is 3.29. The summed E-state index contributed by atoms with van der Waals surface area (Å²) in [6.45, 7) is 1.00. The van der Waals surface area contributed by atoms with Crippen LogP contribution in [0.15, 0.2) is 30.3 Å². The second kappa shape index (κ2) is 6.09. The molecule has 7 nitrogen and oxygen atoms in total. The van der Waals surface area contributed by atoms with Gasteiger partial charge >= 0.3 is 0 Å². The minimum absolute atomic E-state index is 0.204. The van der Waals surface area contributed by atoms with Crippen molar-refractivity contribution in [1.29, 1.82) is 0 Å². The number of benzene rings is 1. The van der Waals surface area contributed by atoms with Crippen molar-refractivity contribution >= 4 is 5.65 Å². The summed E-state index contributed by atoms with van der Waals surface area (Å²) >= 11 is 0. The van der Waals surface area contributed by atoms with E-state index in [1.807, 2.05) is 34.8 Å². The van der Waals surface area contributed by atoms with Crippen molar-refractivity contribution in [1.82, 2.24) is 25.1 Å². The van der Waals surface area contributed by atoms with Crippen LogP contribution in [-0.2, 0) is 0 Å². The molecule has 0 bridgehead atoms. The van der Waals surface area contributed by atoms with Crippen LogP contribution in [0.3, 0.4) is 0 Å². The van der Waals surface area contributed by atoms with E-state index in [9.17, 15) is 0 Å². The number of rotatable bonds is 4.